The molecule has 1 saturated heterocycles. The van der Waals surface area contributed by atoms with E-state index in [0.717, 1.165) is 10.8 Å². The van der Waals surface area contributed by atoms with Crippen LogP contribution in [-0.2, 0) is 19.5 Å². The predicted octanol–water partition coefficient (Wildman–Crippen LogP) is 3.86. The van der Waals surface area contributed by atoms with Crippen LogP contribution >= 0.6 is 0 Å². The van der Waals surface area contributed by atoms with Crippen molar-refractivity contribution >= 4 is 26.8 Å². The molecule has 0 saturated carbocycles. The fraction of sp³-hybridized carbons (Fsp3) is 0.292. The van der Waals surface area contributed by atoms with Crippen LogP contribution in [0.3, 0.4) is 0 Å². The molecule has 4 rings (SSSR count). The van der Waals surface area contributed by atoms with Gasteiger partial charge in [0.05, 0.1) is 29.2 Å². The van der Waals surface area contributed by atoms with Gasteiger partial charge in [-0.25, -0.2) is 13.2 Å². The number of rotatable bonds is 5. The molecule has 3 atom stereocenters. The van der Waals surface area contributed by atoms with Crippen molar-refractivity contribution in [3.05, 3.63) is 78.4 Å². The van der Waals surface area contributed by atoms with E-state index in [1.54, 1.807) is 42.5 Å². The zero-order valence-corrected chi connectivity index (χ0v) is 18.3. The number of fused-ring (bicyclic) bond motifs is 1. The molecule has 162 valence electrons. The van der Waals surface area contributed by atoms with E-state index >= 15 is 0 Å². The highest BCUT2D eigenvalue weighted by molar-refractivity contribution is 7.89. The van der Waals surface area contributed by atoms with Crippen molar-refractivity contribution in [3.63, 3.8) is 0 Å². The third-order valence-corrected chi connectivity index (χ3v) is 7.56. The Labute approximate surface area is 182 Å². The lowest BCUT2D eigenvalue weighted by atomic mass is 10.0. The zero-order chi connectivity index (χ0) is 22.0. The van der Waals surface area contributed by atoms with E-state index in [1.807, 2.05) is 37.3 Å². The molecule has 0 bridgehead atoms. The quantitative estimate of drug-likeness (QED) is 0.565. The number of ether oxygens (including phenoxy) is 2. The molecule has 0 aliphatic carbocycles. The van der Waals surface area contributed by atoms with Crippen molar-refractivity contribution < 1.29 is 22.7 Å². The molecule has 6 nitrogen and oxygen atoms in total. The molecular weight excluding hydrogens is 414 g/mol. The maximum absolute atomic E-state index is 13.4. The van der Waals surface area contributed by atoms with Crippen molar-refractivity contribution in [1.29, 1.82) is 0 Å². The molecule has 1 fully saturated rings. The van der Waals surface area contributed by atoms with E-state index in [1.165, 1.54) is 11.4 Å². The Morgan fingerprint density at radius 3 is 2.42 bits per heavy atom. The molecule has 7 heteroatoms. The number of hydrogen-bond donors (Lipinski definition) is 0. The van der Waals surface area contributed by atoms with E-state index in [-0.39, 0.29) is 17.6 Å². The highest BCUT2D eigenvalue weighted by Gasteiger charge is 2.40. The lowest BCUT2D eigenvalue weighted by Crippen LogP contribution is -2.53. The zero-order valence-electron chi connectivity index (χ0n) is 17.5. The smallest absolute Gasteiger partial charge is 0.338 e. The Morgan fingerprint density at radius 2 is 1.68 bits per heavy atom. The lowest BCUT2D eigenvalue weighted by molar-refractivity contribution is -0.0877. The third kappa shape index (κ3) is 4.49. The van der Waals surface area contributed by atoms with Crippen LogP contribution in [0, 0.1) is 0 Å². The van der Waals surface area contributed by atoms with Crippen LogP contribution in [0.1, 0.15) is 23.7 Å². The highest BCUT2D eigenvalue weighted by Crippen LogP contribution is 2.28. The second-order valence-corrected chi connectivity index (χ2v) is 9.78. The summed E-state index contributed by atoms with van der Waals surface area (Å²) in [6.45, 7) is 2.03. The molecule has 0 radical (unpaired) electrons. The van der Waals surface area contributed by atoms with Crippen LogP contribution in [0.4, 0.5) is 0 Å². The second-order valence-electron chi connectivity index (χ2n) is 7.79. The fourth-order valence-electron chi connectivity index (χ4n) is 3.88. The van der Waals surface area contributed by atoms with Gasteiger partial charge in [-0.1, -0.05) is 48.5 Å². The average molecular weight is 440 g/mol. The minimum absolute atomic E-state index is 0.141. The molecule has 1 aliphatic heterocycles. The summed E-state index contributed by atoms with van der Waals surface area (Å²) >= 11 is 0. The molecule has 0 spiro atoms. The van der Waals surface area contributed by atoms with Gasteiger partial charge in [-0.05, 0) is 48.4 Å². The number of hydrogen-bond acceptors (Lipinski definition) is 5. The summed E-state index contributed by atoms with van der Waals surface area (Å²) in [5.41, 5.74) is 0.417. The first kappa shape index (κ1) is 21.5. The average Bonchev–Trinajstić information content (AvgIpc) is 2.79. The lowest BCUT2D eigenvalue weighted by Gasteiger charge is -2.39. The minimum atomic E-state index is -3.80. The van der Waals surface area contributed by atoms with Gasteiger partial charge in [-0.15, -0.1) is 0 Å². The number of esters is 1. The largest absolute Gasteiger partial charge is 0.455 e. The molecule has 1 aliphatic rings. The molecule has 31 heavy (non-hydrogen) atoms. The van der Waals surface area contributed by atoms with Crippen molar-refractivity contribution in [1.82, 2.24) is 4.31 Å². The van der Waals surface area contributed by atoms with E-state index in [2.05, 4.69) is 0 Å². The van der Waals surface area contributed by atoms with Gasteiger partial charge in [0.25, 0.3) is 0 Å². The maximum atomic E-state index is 13.4. The first-order chi connectivity index (χ1) is 14.9. The van der Waals surface area contributed by atoms with E-state index in [4.69, 9.17) is 9.47 Å². The summed E-state index contributed by atoms with van der Waals surface area (Å²) in [4.78, 5) is 12.8. The Morgan fingerprint density at radius 1 is 1.00 bits per heavy atom. The predicted molar refractivity (Wildman–Crippen MR) is 118 cm³/mol. The van der Waals surface area contributed by atoms with Crippen molar-refractivity contribution in [3.8, 4) is 0 Å². The number of sulfonamides is 1. The van der Waals surface area contributed by atoms with Crippen molar-refractivity contribution in [2.45, 2.75) is 36.5 Å². The molecule has 0 N–H and O–H groups in total. The molecule has 0 amide bonds. The standard InChI is InChI=1S/C24H25NO5S/c1-17-14-22(23(16-29-17)30-24(26)19-9-4-3-5-10-19)25(2)31(27,28)21-13-12-18-8-6-7-11-20(18)15-21/h3-13,15,17,22-23H,14,16H2,1-2H3. The Balaban J connectivity index is 1.61. The van der Waals surface area contributed by atoms with Gasteiger partial charge in [0.15, 0.2) is 0 Å². The third-order valence-electron chi connectivity index (χ3n) is 5.68. The first-order valence-electron chi connectivity index (χ1n) is 10.2. The van der Waals surface area contributed by atoms with Crippen LogP contribution in [-0.4, -0.2) is 50.6 Å². The highest BCUT2D eigenvalue weighted by atomic mass is 32.2. The molecule has 1 heterocycles. The SMILES string of the molecule is CC1CC(N(C)S(=O)(=O)c2ccc3ccccc3c2)C(OC(=O)c2ccccc2)CO1. The summed E-state index contributed by atoms with van der Waals surface area (Å²) in [6, 6.07) is 20.8. The van der Waals surface area contributed by atoms with E-state index < -0.39 is 28.1 Å². The van der Waals surface area contributed by atoms with Crippen molar-refractivity contribution in [2.24, 2.45) is 0 Å². The van der Waals surface area contributed by atoms with Crippen LogP contribution in [0.2, 0.25) is 0 Å². The van der Waals surface area contributed by atoms with E-state index in [9.17, 15) is 13.2 Å². The van der Waals surface area contributed by atoms with Gasteiger partial charge in [-0.3, -0.25) is 0 Å². The number of carbonyl (C=O) groups excluding carboxylic acids is 1. The molecule has 3 aromatic carbocycles. The van der Waals surface area contributed by atoms with Gasteiger partial charge < -0.3 is 9.47 Å². The number of benzene rings is 3. The summed E-state index contributed by atoms with van der Waals surface area (Å²) in [5.74, 6) is -0.495. The summed E-state index contributed by atoms with van der Waals surface area (Å²) in [5, 5.41) is 1.82. The molecule has 3 unspecified atom stereocenters. The molecule has 0 aromatic heterocycles. The number of likely N-dealkylation sites (N-methyl/N-ethyl adjacent to an activating group) is 1. The summed E-state index contributed by atoms with van der Waals surface area (Å²) in [6.07, 6.45) is -0.425. The summed E-state index contributed by atoms with van der Waals surface area (Å²) < 4.78 is 39.5. The van der Waals surface area contributed by atoms with Gasteiger partial charge in [0.1, 0.15) is 6.10 Å². The van der Waals surface area contributed by atoms with Gasteiger partial charge in [0, 0.05) is 7.05 Å². The van der Waals surface area contributed by atoms with Gasteiger partial charge in [0.2, 0.25) is 10.0 Å². The second kappa shape index (κ2) is 8.78. The van der Waals surface area contributed by atoms with E-state index in [0.29, 0.717) is 12.0 Å². The van der Waals surface area contributed by atoms with Crippen molar-refractivity contribution in [2.75, 3.05) is 13.7 Å². The maximum Gasteiger partial charge on any atom is 0.338 e. The minimum Gasteiger partial charge on any atom is -0.455 e. The van der Waals surface area contributed by atoms with Crippen LogP contribution in [0.15, 0.2) is 77.7 Å². The first-order valence-corrected chi connectivity index (χ1v) is 11.6. The van der Waals surface area contributed by atoms with Crippen LogP contribution in [0.5, 0.6) is 0 Å². The monoisotopic (exact) mass is 439 g/mol. The topological polar surface area (TPSA) is 72.9 Å². The number of carbonyl (C=O) groups is 1. The Bertz CT molecular complexity index is 1180. The summed E-state index contributed by atoms with van der Waals surface area (Å²) in [7, 11) is -2.26. The van der Waals surface area contributed by atoms with Crippen LogP contribution in [0.25, 0.3) is 10.8 Å². The van der Waals surface area contributed by atoms with Crippen LogP contribution < -0.4 is 0 Å². The Kier molecular flexibility index (Phi) is 6.09. The van der Waals surface area contributed by atoms with Gasteiger partial charge in [-0.2, -0.15) is 4.31 Å². The Hall–Kier alpha value is -2.74. The number of nitrogens with zero attached hydrogens (tertiary/aromatic N) is 1. The molecule has 3 aromatic rings. The normalized spacial score (nSPS) is 21.8. The van der Waals surface area contributed by atoms with Gasteiger partial charge >= 0.3 is 5.97 Å². The fourth-order valence-corrected chi connectivity index (χ4v) is 5.30. The molecular formula is C24H25NO5S.